The van der Waals surface area contributed by atoms with E-state index in [-0.39, 0.29) is 11.0 Å². The van der Waals surface area contributed by atoms with E-state index in [9.17, 15) is 9.90 Å². The minimum atomic E-state index is -0.584. The van der Waals surface area contributed by atoms with Crippen LogP contribution in [-0.2, 0) is 13.0 Å². The second-order valence-electron chi connectivity index (χ2n) is 12.7. The van der Waals surface area contributed by atoms with Crippen molar-refractivity contribution in [2.24, 2.45) is 5.41 Å². The summed E-state index contributed by atoms with van der Waals surface area (Å²) in [7, 11) is 0. The quantitative estimate of drug-likeness (QED) is 0.312. The second-order valence-corrected chi connectivity index (χ2v) is 12.7. The number of aliphatic hydroxyl groups excluding tert-OH is 1. The van der Waals surface area contributed by atoms with Crippen LogP contribution in [0.1, 0.15) is 55.9 Å². The third-order valence-electron chi connectivity index (χ3n) is 10.2. The van der Waals surface area contributed by atoms with Crippen LogP contribution in [0.15, 0.2) is 60.0 Å². The molecule has 43 heavy (non-hydrogen) atoms. The summed E-state index contributed by atoms with van der Waals surface area (Å²) in [5.41, 5.74) is 4.11. The van der Waals surface area contributed by atoms with Crippen LogP contribution in [0.25, 0.3) is 16.9 Å². The van der Waals surface area contributed by atoms with Crippen LogP contribution in [0.5, 0.6) is 0 Å². The Labute approximate surface area is 250 Å². The van der Waals surface area contributed by atoms with Gasteiger partial charge in [0.1, 0.15) is 11.5 Å². The molecule has 4 aliphatic rings. The van der Waals surface area contributed by atoms with Crippen molar-refractivity contribution in [2.75, 3.05) is 36.4 Å². The number of aryl methyl sites for hydroxylation is 1. The Morgan fingerprint density at radius 3 is 2.51 bits per heavy atom. The summed E-state index contributed by atoms with van der Waals surface area (Å²) in [5.74, 6) is 0.949. The molecule has 0 radical (unpaired) electrons. The summed E-state index contributed by atoms with van der Waals surface area (Å²) in [6, 6.07) is 13.1. The Morgan fingerprint density at radius 2 is 1.81 bits per heavy atom. The van der Waals surface area contributed by atoms with E-state index < -0.39 is 6.10 Å². The maximum absolute atomic E-state index is 13.4. The number of pyridine rings is 1. The Hall–Kier alpha value is -4.02. The molecule has 2 N–H and O–H groups in total. The maximum atomic E-state index is 13.4. The molecule has 222 valence electrons. The first-order valence-electron chi connectivity index (χ1n) is 15.7. The fraction of sp³-hybridized carbons (Fsp3) is 0.455. The van der Waals surface area contributed by atoms with Crippen molar-refractivity contribution in [1.82, 2.24) is 29.2 Å². The number of allylic oxidation sites excluding steroid dienone is 1. The summed E-state index contributed by atoms with van der Waals surface area (Å²) < 4.78 is 3.31. The van der Waals surface area contributed by atoms with Crippen molar-refractivity contribution >= 4 is 28.4 Å². The van der Waals surface area contributed by atoms with E-state index in [1.165, 1.54) is 24.9 Å². The van der Waals surface area contributed by atoms with Gasteiger partial charge in [-0.3, -0.25) is 9.69 Å². The molecular formula is C33H38N8O2. The van der Waals surface area contributed by atoms with E-state index >= 15 is 0 Å². The number of hydrogen-bond donors (Lipinski definition) is 2. The van der Waals surface area contributed by atoms with Gasteiger partial charge in [0, 0.05) is 55.2 Å². The molecule has 0 amide bonds. The molecule has 4 heterocycles. The van der Waals surface area contributed by atoms with Crippen LogP contribution < -0.4 is 15.8 Å². The van der Waals surface area contributed by atoms with Crippen molar-refractivity contribution in [3.8, 4) is 5.82 Å². The molecule has 1 unspecified atom stereocenters. The van der Waals surface area contributed by atoms with Crippen molar-refractivity contribution in [3.05, 3.63) is 76.9 Å². The zero-order valence-corrected chi connectivity index (χ0v) is 24.5. The van der Waals surface area contributed by atoms with Crippen molar-refractivity contribution in [3.63, 3.8) is 0 Å². The molecule has 2 saturated carbocycles. The number of anilines is 3. The molecular weight excluding hydrogens is 540 g/mol. The van der Waals surface area contributed by atoms with Gasteiger partial charge in [0.2, 0.25) is 5.95 Å². The van der Waals surface area contributed by atoms with Gasteiger partial charge in [-0.2, -0.15) is 4.98 Å². The normalized spacial score (nSPS) is 21.5. The predicted molar refractivity (Wildman–Crippen MR) is 167 cm³/mol. The van der Waals surface area contributed by atoms with Crippen LogP contribution in [0, 0.1) is 5.41 Å². The Balaban J connectivity index is 1.07. The Bertz CT molecular complexity index is 1740. The van der Waals surface area contributed by atoms with Gasteiger partial charge in [-0.25, -0.2) is 19.3 Å². The van der Waals surface area contributed by atoms with Crippen LogP contribution in [0.3, 0.4) is 0 Å². The topological polar surface area (TPSA) is 104 Å². The van der Waals surface area contributed by atoms with Gasteiger partial charge in [0.05, 0.1) is 12.2 Å². The minimum absolute atomic E-state index is 0.0304. The molecule has 3 aliphatic carbocycles. The highest BCUT2D eigenvalue weighted by Gasteiger charge is 2.52. The summed E-state index contributed by atoms with van der Waals surface area (Å²) in [6.45, 7) is 8.51. The average molecular weight is 579 g/mol. The zero-order valence-electron chi connectivity index (χ0n) is 24.5. The van der Waals surface area contributed by atoms with Crippen LogP contribution in [-0.4, -0.2) is 66.5 Å². The number of rotatable bonds is 7. The van der Waals surface area contributed by atoms with E-state index in [0.29, 0.717) is 29.3 Å². The lowest BCUT2D eigenvalue weighted by atomic mass is 9.82. The monoisotopic (exact) mass is 578 g/mol. The molecule has 0 bridgehead atoms. The number of aromatic nitrogens is 5. The molecule has 10 heteroatoms. The average Bonchev–Trinajstić information content (AvgIpc) is 3.74. The molecule has 1 atom stereocenters. The van der Waals surface area contributed by atoms with E-state index in [1.807, 2.05) is 12.1 Å². The maximum Gasteiger partial charge on any atom is 0.278 e. The number of nitrogens with one attached hydrogen (secondary N) is 1. The summed E-state index contributed by atoms with van der Waals surface area (Å²) in [4.78, 5) is 32.7. The number of hydrogen-bond acceptors (Lipinski definition) is 8. The first kappa shape index (κ1) is 26.6. The van der Waals surface area contributed by atoms with Crippen LogP contribution in [0.2, 0.25) is 0 Å². The molecule has 1 aliphatic heterocycles. The lowest BCUT2D eigenvalue weighted by molar-refractivity contribution is 0.0734. The lowest BCUT2D eigenvalue weighted by Crippen LogP contribution is -2.52. The highest BCUT2D eigenvalue weighted by molar-refractivity contribution is 5.77. The summed E-state index contributed by atoms with van der Waals surface area (Å²) in [5, 5.41) is 14.9. The highest BCUT2D eigenvalue weighted by Crippen LogP contribution is 2.60. The van der Waals surface area contributed by atoms with Gasteiger partial charge in [-0.15, -0.1) is 6.58 Å². The standard InChI is InChI=1S/C33H38N8O2/c1-2-16-40-31(43)26-21-34-32(35-23-7-9-25(10-8-23)39-19-17-38(18-20-39)24-4-3-5-24)37-30(26)41(40)27-11-6-22-12-13-33(14-15-33)29(42)28(22)36-27/h2,6-11,21,24,29,42H,1,3-5,12-20H2,(H,34,35,37). The van der Waals surface area contributed by atoms with Crippen LogP contribution in [0.4, 0.5) is 17.3 Å². The van der Waals surface area contributed by atoms with E-state index in [0.717, 1.165) is 74.8 Å². The Morgan fingerprint density at radius 1 is 1.02 bits per heavy atom. The summed E-state index contributed by atoms with van der Waals surface area (Å²) >= 11 is 0. The fourth-order valence-electron chi connectivity index (χ4n) is 7.14. The molecule has 10 nitrogen and oxygen atoms in total. The SMILES string of the molecule is C=CCn1c(=O)c2cnc(Nc3ccc(N4CCN(C5CCC5)CC4)cc3)nc2n1-c1ccc2c(n1)C(O)C1(CC2)CC1. The van der Waals surface area contributed by atoms with Crippen molar-refractivity contribution in [1.29, 1.82) is 0 Å². The highest BCUT2D eigenvalue weighted by atomic mass is 16.3. The van der Waals surface area contributed by atoms with Crippen molar-refractivity contribution < 1.29 is 5.11 Å². The first-order valence-corrected chi connectivity index (χ1v) is 15.7. The second kappa shape index (κ2) is 10.3. The van der Waals surface area contributed by atoms with Gasteiger partial charge >= 0.3 is 0 Å². The first-order chi connectivity index (χ1) is 21.0. The van der Waals surface area contributed by atoms with Gasteiger partial charge < -0.3 is 15.3 Å². The largest absolute Gasteiger partial charge is 0.386 e. The number of piperazine rings is 1. The summed E-state index contributed by atoms with van der Waals surface area (Å²) in [6.07, 6.45) is 10.8. The molecule has 1 spiro atoms. The number of fused-ring (bicyclic) bond motifs is 2. The molecule has 1 aromatic carbocycles. The van der Waals surface area contributed by atoms with Gasteiger partial charge in [0.25, 0.3) is 5.56 Å². The Kier molecular flexibility index (Phi) is 6.38. The van der Waals surface area contributed by atoms with Crippen LogP contribution >= 0.6 is 0 Å². The van der Waals surface area contributed by atoms with Gasteiger partial charge in [-0.1, -0.05) is 18.6 Å². The molecule has 3 aromatic heterocycles. The van der Waals surface area contributed by atoms with Gasteiger partial charge in [0.15, 0.2) is 11.5 Å². The number of benzene rings is 1. The minimum Gasteiger partial charge on any atom is -0.386 e. The van der Waals surface area contributed by atoms with Gasteiger partial charge in [-0.05, 0) is 74.4 Å². The predicted octanol–water partition coefficient (Wildman–Crippen LogP) is 4.34. The molecule has 3 fully saturated rings. The third-order valence-corrected chi connectivity index (χ3v) is 10.2. The lowest BCUT2D eigenvalue weighted by Gasteiger charge is -2.43. The fourth-order valence-corrected chi connectivity index (χ4v) is 7.14. The third kappa shape index (κ3) is 4.55. The zero-order chi connectivity index (χ0) is 29.1. The smallest absolute Gasteiger partial charge is 0.278 e. The molecule has 8 rings (SSSR count). The molecule has 4 aromatic rings. The molecule has 1 saturated heterocycles. The van der Waals surface area contributed by atoms with E-state index in [2.05, 4.69) is 50.9 Å². The number of nitrogens with zero attached hydrogens (tertiary/aromatic N) is 7. The van der Waals surface area contributed by atoms with E-state index in [1.54, 1.807) is 21.6 Å². The van der Waals surface area contributed by atoms with Crippen molar-refractivity contribution in [2.45, 2.75) is 63.6 Å². The number of aliphatic hydroxyl groups is 1. The van der Waals surface area contributed by atoms with E-state index in [4.69, 9.17) is 9.97 Å².